The Hall–Kier alpha value is -1.00. The lowest BCUT2D eigenvalue weighted by atomic mass is 9.48. The van der Waals surface area contributed by atoms with Crippen LogP contribution in [0.5, 0.6) is 0 Å². The van der Waals surface area contributed by atoms with E-state index in [1.807, 2.05) is 6.08 Å². The second-order valence-electron chi connectivity index (χ2n) is 10.4. The lowest BCUT2D eigenvalue weighted by Gasteiger charge is -2.56. The van der Waals surface area contributed by atoms with Gasteiger partial charge in [0.05, 0.1) is 6.10 Å². The summed E-state index contributed by atoms with van der Waals surface area (Å²) in [7, 11) is 0. The molecule has 3 saturated carbocycles. The topological polar surface area (TPSA) is 52.6 Å². The fraction of sp³-hybridized carbons (Fsp3) is 0.833. The first-order chi connectivity index (χ1) is 13.4. The number of Topliss-reactive ketones (excluding diaryl/α,β-unsaturated/α-hetero) is 1. The highest BCUT2D eigenvalue weighted by Crippen LogP contribution is 2.63. The first-order valence-corrected chi connectivity index (χ1v) is 11.5. The lowest BCUT2D eigenvalue weighted by molar-refractivity contribution is -0.195. The summed E-state index contributed by atoms with van der Waals surface area (Å²) < 4.78 is 12.1. The Morgan fingerprint density at radius 1 is 1.00 bits per heavy atom. The van der Waals surface area contributed by atoms with Crippen LogP contribution in [0.25, 0.3) is 0 Å². The summed E-state index contributed by atoms with van der Waals surface area (Å²) in [4.78, 5) is 25.8. The number of hydrogen-bond donors (Lipinski definition) is 0. The van der Waals surface area contributed by atoms with Crippen LogP contribution in [0.1, 0.15) is 78.1 Å². The fourth-order valence-corrected chi connectivity index (χ4v) is 7.29. The van der Waals surface area contributed by atoms with Gasteiger partial charge in [0, 0.05) is 24.4 Å². The first-order valence-electron chi connectivity index (χ1n) is 11.5. The van der Waals surface area contributed by atoms with E-state index in [1.54, 1.807) is 0 Å². The highest BCUT2D eigenvalue weighted by molar-refractivity contribution is 5.96. The summed E-state index contributed by atoms with van der Waals surface area (Å²) in [5.41, 5.74) is 1.15. The molecule has 4 heteroatoms. The third-order valence-corrected chi connectivity index (χ3v) is 9.09. The first kappa shape index (κ1) is 19.0. The molecular formula is C24H34O4. The normalized spacial score (nSPS) is 48.5. The predicted molar refractivity (Wildman–Crippen MR) is 106 cm³/mol. The SMILES string of the molecule is C[C@]12CC[C@H](OC3CCCCO3)CC1=CC(=O)C1C2CC[C@]2(C)C(=O)CCC12. The summed E-state index contributed by atoms with van der Waals surface area (Å²) in [6.45, 7) is 5.32. The van der Waals surface area contributed by atoms with Crippen LogP contribution in [0.2, 0.25) is 0 Å². The number of carbonyl (C=O) groups excluding carboxylic acids is 2. The smallest absolute Gasteiger partial charge is 0.159 e. The van der Waals surface area contributed by atoms with Gasteiger partial charge in [-0.25, -0.2) is 0 Å². The highest BCUT2D eigenvalue weighted by Gasteiger charge is 2.61. The van der Waals surface area contributed by atoms with Crippen molar-refractivity contribution in [2.24, 2.45) is 28.6 Å². The molecule has 0 amide bonds. The molecule has 5 aliphatic rings. The van der Waals surface area contributed by atoms with E-state index < -0.39 is 0 Å². The van der Waals surface area contributed by atoms with Crippen molar-refractivity contribution in [3.63, 3.8) is 0 Å². The third-order valence-electron chi connectivity index (χ3n) is 9.09. The van der Waals surface area contributed by atoms with E-state index in [9.17, 15) is 9.59 Å². The van der Waals surface area contributed by atoms with Crippen LogP contribution in [-0.2, 0) is 19.1 Å². The summed E-state index contributed by atoms with van der Waals surface area (Å²) in [5, 5.41) is 0. The van der Waals surface area contributed by atoms with Crippen molar-refractivity contribution >= 4 is 11.6 Å². The molecular weight excluding hydrogens is 352 g/mol. The van der Waals surface area contributed by atoms with Gasteiger partial charge in [-0.1, -0.05) is 19.4 Å². The number of carbonyl (C=O) groups is 2. The average Bonchev–Trinajstić information content (AvgIpc) is 2.99. The maximum Gasteiger partial charge on any atom is 0.159 e. The van der Waals surface area contributed by atoms with E-state index in [1.165, 1.54) is 12.0 Å². The van der Waals surface area contributed by atoms with Crippen LogP contribution in [0.15, 0.2) is 11.6 Å². The van der Waals surface area contributed by atoms with E-state index in [2.05, 4.69) is 13.8 Å². The molecule has 28 heavy (non-hydrogen) atoms. The summed E-state index contributed by atoms with van der Waals surface area (Å²) in [6.07, 6.45) is 11.9. The molecule has 154 valence electrons. The Morgan fingerprint density at radius 2 is 1.79 bits per heavy atom. The monoisotopic (exact) mass is 386 g/mol. The number of ether oxygens (including phenoxy) is 2. The van der Waals surface area contributed by atoms with Gasteiger partial charge in [0.25, 0.3) is 0 Å². The van der Waals surface area contributed by atoms with Crippen molar-refractivity contribution in [1.82, 2.24) is 0 Å². The van der Waals surface area contributed by atoms with E-state index >= 15 is 0 Å². The Kier molecular flexibility index (Phi) is 4.59. The van der Waals surface area contributed by atoms with Gasteiger partial charge in [0.1, 0.15) is 5.78 Å². The van der Waals surface area contributed by atoms with Gasteiger partial charge < -0.3 is 9.47 Å². The minimum absolute atomic E-state index is 0.0538. The van der Waals surface area contributed by atoms with Crippen LogP contribution in [0.4, 0.5) is 0 Å². The second kappa shape index (κ2) is 6.77. The van der Waals surface area contributed by atoms with E-state index in [0.717, 1.165) is 58.0 Å². The van der Waals surface area contributed by atoms with Gasteiger partial charge in [-0.05, 0) is 81.1 Å². The maximum absolute atomic E-state index is 13.3. The largest absolute Gasteiger partial charge is 0.353 e. The molecule has 0 aromatic heterocycles. The minimum atomic E-state index is -0.253. The number of rotatable bonds is 2. The molecule has 4 nitrogen and oxygen atoms in total. The Bertz CT molecular complexity index is 705. The van der Waals surface area contributed by atoms with Crippen LogP contribution in [-0.4, -0.2) is 30.6 Å². The number of fused-ring (bicyclic) bond motifs is 5. The molecule has 1 saturated heterocycles. The van der Waals surface area contributed by atoms with E-state index in [-0.39, 0.29) is 40.8 Å². The maximum atomic E-state index is 13.3. The van der Waals surface area contributed by atoms with Crippen molar-refractivity contribution < 1.29 is 19.1 Å². The zero-order chi connectivity index (χ0) is 19.5. The van der Waals surface area contributed by atoms with Crippen LogP contribution >= 0.6 is 0 Å². The Morgan fingerprint density at radius 3 is 2.57 bits per heavy atom. The number of allylic oxidation sites excluding steroid dienone is 1. The molecule has 5 rings (SSSR count). The second-order valence-corrected chi connectivity index (χ2v) is 10.4. The zero-order valence-electron chi connectivity index (χ0n) is 17.4. The van der Waals surface area contributed by atoms with Crippen LogP contribution in [0.3, 0.4) is 0 Å². The molecule has 0 N–H and O–H groups in total. The quantitative estimate of drug-likeness (QED) is 0.695. The van der Waals surface area contributed by atoms with Gasteiger partial charge in [-0.2, -0.15) is 0 Å². The van der Waals surface area contributed by atoms with Gasteiger partial charge >= 0.3 is 0 Å². The molecule has 0 bridgehead atoms. The molecule has 0 radical (unpaired) electrons. The third kappa shape index (κ3) is 2.78. The van der Waals surface area contributed by atoms with Crippen molar-refractivity contribution in [2.45, 2.75) is 90.4 Å². The number of hydrogen-bond acceptors (Lipinski definition) is 4. The fourth-order valence-electron chi connectivity index (χ4n) is 7.29. The molecule has 0 aromatic rings. The lowest BCUT2D eigenvalue weighted by Crippen LogP contribution is -2.53. The Labute approximate surface area is 168 Å². The van der Waals surface area contributed by atoms with Gasteiger partial charge in [-0.15, -0.1) is 0 Å². The van der Waals surface area contributed by atoms with Crippen molar-refractivity contribution in [2.75, 3.05) is 6.61 Å². The molecule has 0 spiro atoms. The van der Waals surface area contributed by atoms with Crippen LogP contribution < -0.4 is 0 Å². The van der Waals surface area contributed by atoms with Gasteiger partial charge in [0.2, 0.25) is 0 Å². The summed E-state index contributed by atoms with van der Waals surface area (Å²) in [5.74, 6) is 1.39. The summed E-state index contributed by atoms with van der Waals surface area (Å²) >= 11 is 0. The minimum Gasteiger partial charge on any atom is -0.353 e. The summed E-state index contributed by atoms with van der Waals surface area (Å²) in [6, 6.07) is 0. The molecule has 1 aliphatic heterocycles. The van der Waals surface area contributed by atoms with Crippen molar-refractivity contribution in [1.29, 1.82) is 0 Å². The van der Waals surface area contributed by atoms with E-state index in [4.69, 9.17) is 9.47 Å². The zero-order valence-corrected chi connectivity index (χ0v) is 17.4. The standard InChI is InChI=1S/C24H34O4/c1-23-10-8-16(28-21-5-3-4-12-27-21)13-15(23)14-19(25)22-17-6-7-20(26)24(17,2)11-9-18(22)23/h14,16-18,21-22H,3-13H2,1-2H3/t16-,17?,18?,21?,22?,23-,24-/m0/s1. The average molecular weight is 387 g/mol. The molecule has 0 aromatic carbocycles. The van der Waals surface area contributed by atoms with Crippen LogP contribution in [0, 0.1) is 28.6 Å². The molecule has 1 heterocycles. The van der Waals surface area contributed by atoms with Gasteiger partial charge in [0.15, 0.2) is 12.1 Å². The van der Waals surface area contributed by atoms with E-state index in [0.29, 0.717) is 18.1 Å². The Balaban J connectivity index is 1.37. The molecule has 4 aliphatic carbocycles. The molecule has 4 fully saturated rings. The number of ketones is 2. The van der Waals surface area contributed by atoms with Crippen molar-refractivity contribution in [3.05, 3.63) is 11.6 Å². The van der Waals surface area contributed by atoms with Gasteiger partial charge in [-0.3, -0.25) is 9.59 Å². The van der Waals surface area contributed by atoms with Crippen molar-refractivity contribution in [3.8, 4) is 0 Å². The molecule has 4 unspecified atom stereocenters. The molecule has 7 atom stereocenters. The predicted octanol–water partition coefficient (Wildman–Crippen LogP) is 4.61. The highest BCUT2D eigenvalue weighted by atomic mass is 16.7.